The third-order valence-corrected chi connectivity index (χ3v) is 4.99. The van der Waals surface area contributed by atoms with Crippen molar-refractivity contribution >= 4 is 0 Å². The van der Waals surface area contributed by atoms with Gasteiger partial charge in [-0.25, -0.2) is 9.97 Å². The normalized spacial score (nSPS) is 12.0. The molecule has 0 aliphatic carbocycles. The number of benzene rings is 1. The minimum atomic E-state index is 0.535. The predicted octanol–water partition coefficient (Wildman–Crippen LogP) is 6.70. The Kier molecular flexibility index (Phi) is 10.4. The van der Waals surface area contributed by atoms with Crippen molar-refractivity contribution in [1.82, 2.24) is 9.97 Å². The molecule has 4 nitrogen and oxygen atoms in total. The molecule has 0 aliphatic rings. The Balaban J connectivity index is 1.71. The van der Waals surface area contributed by atoms with Gasteiger partial charge in [0.2, 0.25) is 0 Å². The van der Waals surface area contributed by atoms with E-state index in [1.165, 1.54) is 38.5 Å². The molecule has 0 N–H and O–H groups in total. The number of hydrogen-bond acceptors (Lipinski definition) is 4. The molecule has 1 unspecified atom stereocenters. The quantitative estimate of drug-likeness (QED) is 0.340. The fraction of sp³-hybridized carbons (Fsp3) is 0.583. The maximum absolute atomic E-state index is 5.85. The second-order valence-electron chi connectivity index (χ2n) is 7.56. The largest absolute Gasteiger partial charge is 0.494 e. The molecule has 1 aromatic carbocycles. The summed E-state index contributed by atoms with van der Waals surface area (Å²) in [5, 5.41) is 0. The van der Waals surface area contributed by atoms with E-state index >= 15 is 0 Å². The maximum Gasteiger partial charge on any atom is 0.159 e. The van der Waals surface area contributed by atoms with Crippen LogP contribution in [0.2, 0.25) is 0 Å². The summed E-state index contributed by atoms with van der Waals surface area (Å²) < 4.78 is 11.6. The molecule has 0 spiro atoms. The van der Waals surface area contributed by atoms with Crippen LogP contribution in [-0.4, -0.2) is 23.2 Å². The molecule has 0 amide bonds. The lowest BCUT2D eigenvalue weighted by atomic mass is 10.1. The molecule has 1 aromatic heterocycles. The second kappa shape index (κ2) is 13.1. The third kappa shape index (κ3) is 8.28. The Bertz CT molecular complexity index is 641. The van der Waals surface area contributed by atoms with Gasteiger partial charge in [0.25, 0.3) is 0 Å². The highest BCUT2D eigenvalue weighted by Crippen LogP contribution is 2.21. The smallest absolute Gasteiger partial charge is 0.159 e. The highest BCUT2D eigenvalue weighted by Gasteiger charge is 2.05. The monoisotopic (exact) mass is 384 g/mol. The molecule has 0 fully saturated rings. The molecule has 2 aromatic rings. The molecular formula is C24H36N2O2. The Labute approximate surface area is 170 Å². The molecule has 0 saturated heterocycles. The molecule has 0 radical (unpaired) electrons. The first-order valence-corrected chi connectivity index (χ1v) is 10.9. The van der Waals surface area contributed by atoms with Gasteiger partial charge in [0.15, 0.2) is 11.6 Å². The summed E-state index contributed by atoms with van der Waals surface area (Å²) >= 11 is 0. The van der Waals surface area contributed by atoms with Crippen LogP contribution in [0, 0.1) is 5.92 Å². The van der Waals surface area contributed by atoms with E-state index in [4.69, 9.17) is 9.47 Å². The van der Waals surface area contributed by atoms with Gasteiger partial charge in [-0.3, -0.25) is 0 Å². The molecule has 0 aliphatic heterocycles. The van der Waals surface area contributed by atoms with E-state index in [2.05, 4.69) is 30.7 Å². The van der Waals surface area contributed by atoms with Crippen LogP contribution >= 0.6 is 0 Å². The number of rotatable bonds is 14. The Morgan fingerprint density at radius 2 is 1.43 bits per heavy atom. The van der Waals surface area contributed by atoms with Gasteiger partial charge in [-0.15, -0.1) is 0 Å². The first-order chi connectivity index (χ1) is 13.7. The van der Waals surface area contributed by atoms with E-state index < -0.39 is 0 Å². The first-order valence-electron chi connectivity index (χ1n) is 10.9. The van der Waals surface area contributed by atoms with E-state index in [9.17, 15) is 0 Å². The van der Waals surface area contributed by atoms with Crippen LogP contribution in [0.4, 0.5) is 0 Å². The van der Waals surface area contributed by atoms with Crippen LogP contribution < -0.4 is 9.47 Å². The second-order valence-corrected chi connectivity index (χ2v) is 7.56. The van der Waals surface area contributed by atoms with E-state index in [0.717, 1.165) is 36.5 Å². The first kappa shape index (κ1) is 22.2. The highest BCUT2D eigenvalue weighted by atomic mass is 16.5. The van der Waals surface area contributed by atoms with Crippen molar-refractivity contribution in [3.63, 3.8) is 0 Å². The summed E-state index contributed by atoms with van der Waals surface area (Å²) in [6.45, 7) is 8.07. The van der Waals surface area contributed by atoms with Crippen molar-refractivity contribution in [3.8, 4) is 22.9 Å². The standard InChI is InChI=1S/C24H36N2O2/c1-4-6-7-8-9-10-11-16-27-22-14-12-21(13-15-22)24-25-17-23(18-26-24)28-19-20(3)5-2/h12-15,17-18,20H,4-11,16,19H2,1-3H3. The van der Waals surface area contributed by atoms with Gasteiger partial charge in [0, 0.05) is 5.56 Å². The molecule has 1 atom stereocenters. The van der Waals surface area contributed by atoms with Crippen molar-refractivity contribution < 1.29 is 9.47 Å². The zero-order chi connectivity index (χ0) is 20.0. The van der Waals surface area contributed by atoms with Crippen molar-refractivity contribution in [2.75, 3.05) is 13.2 Å². The van der Waals surface area contributed by atoms with Gasteiger partial charge in [0.1, 0.15) is 5.75 Å². The topological polar surface area (TPSA) is 44.2 Å². The summed E-state index contributed by atoms with van der Waals surface area (Å²) in [5.74, 6) is 2.87. The van der Waals surface area contributed by atoms with Gasteiger partial charge in [-0.1, -0.05) is 65.7 Å². The summed E-state index contributed by atoms with van der Waals surface area (Å²) in [6, 6.07) is 8.00. The van der Waals surface area contributed by atoms with Crippen molar-refractivity contribution in [1.29, 1.82) is 0 Å². The Morgan fingerprint density at radius 3 is 2.07 bits per heavy atom. The van der Waals surface area contributed by atoms with Crippen LogP contribution in [0.15, 0.2) is 36.7 Å². The highest BCUT2D eigenvalue weighted by molar-refractivity contribution is 5.56. The van der Waals surface area contributed by atoms with E-state index in [-0.39, 0.29) is 0 Å². The average molecular weight is 385 g/mol. The van der Waals surface area contributed by atoms with Gasteiger partial charge < -0.3 is 9.47 Å². The summed E-state index contributed by atoms with van der Waals surface area (Å²) in [5.41, 5.74) is 0.983. The molecule has 154 valence electrons. The number of ether oxygens (including phenoxy) is 2. The molecule has 0 saturated carbocycles. The minimum absolute atomic E-state index is 0.535. The van der Waals surface area contributed by atoms with Gasteiger partial charge in [-0.2, -0.15) is 0 Å². The number of hydrogen-bond donors (Lipinski definition) is 0. The summed E-state index contributed by atoms with van der Waals surface area (Å²) in [6.07, 6.45) is 13.7. The molecule has 0 bridgehead atoms. The van der Waals surface area contributed by atoms with E-state index in [0.29, 0.717) is 18.3 Å². The minimum Gasteiger partial charge on any atom is -0.494 e. The van der Waals surface area contributed by atoms with Crippen LogP contribution in [0.1, 0.15) is 72.1 Å². The van der Waals surface area contributed by atoms with Crippen LogP contribution in [0.5, 0.6) is 11.5 Å². The maximum atomic E-state index is 5.85. The zero-order valence-corrected chi connectivity index (χ0v) is 17.8. The predicted molar refractivity (Wildman–Crippen MR) is 116 cm³/mol. The lowest BCUT2D eigenvalue weighted by Crippen LogP contribution is -2.07. The summed E-state index contributed by atoms with van der Waals surface area (Å²) in [4.78, 5) is 8.85. The molecule has 2 rings (SSSR count). The molecular weight excluding hydrogens is 348 g/mol. The summed E-state index contributed by atoms with van der Waals surface area (Å²) in [7, 11) is 0. The van der Waals surface area contributed by atoms with Crippen molar-refractivity contribution in [2.45, 2.75) is 72.1 Å². The lowest BCUT2D eigenvalue weighted by molar-refractivity contribution is 0.255. The van der Waals surface area contributed by atoms with E-state index in [1.54, 1.807) is 12.4 Å². The van der Waals surface area contributed by atoms with Crippen molar-refractivity contribution in [3.05, 3.63) is 36.7 Å². The average Bonchev–Trinajstić information content (AvgIpc) is 2.74. The van der Waals surface area contributed by atoms with Crippen LogP contribution in [-0.2, 0) is 0 Å². The molecule has 1 heterocycles. The fourth-order valence-corrected chi connectivity index (χ4v) is 2.85. The fourth-order valence-electron chi connectivity index (χ4n) is 2.85. The van der Waals surface area contributed by atoms with E-state index in [1.807, 2.05) is 24.3 Å². The van der Waals surface area contributed by atoms with Crippen molar-refractivity contribution in [2.24, 2.45) is 5.92 Å². The Hall–Kier alpha value is -2.10. The number of nitrogens with zero attached hydrogens (tertiary/aromatic N) is 2. The van der Waals surface area contributed by atoms with Gasteiger partial charge in [0.05, 0.1) is 25.6 Å². The zero-order valence-electron chi connectivity index (χ0n) is 17.8. The third-order valence-electron chi connectivity index (χ3n) is 4.99. The van der Waals surface area contributed by atoms with Gasteiger partial charge >= 0.3 is 0 Å². The number of unbranched alkanes of at least 4 members (excludes halogenated alkanes) is 6. The van der Waals surface area contributed by atoms with Crippen LogP contribution in [0.25, 0.3) is 11.4 Å². The van der Waals surface area contributed by atoms with Crippen LogP contribution in [0.3, 0.4) is 0 Å². The Morgan fingerprint density at radius 1 is 0.786 bits per heavy atom. The molecule has 4 heteroatoms. The lowest BCUT2D eigenvalue weighted by Gasteiger charge is -2.10. The SMILES string of the molecule is CCCCCCCCCOc1ccc(-c2ncc(OCC(C)CC)cn2)cc1. The molecule has 28 heavy (non-hydrogen) atoms. The number of aromatic nitrogens is 2. The van der Waals surface area contributed by atoms with Gasteiger partial charge in [-0.05, 0) is 36.6 Å².